The lowest BCUT2D eigenvalue weighted by Crippen LogP contribution is -2.38. The van der Waals surface area contributed by atoms with Crippen LogP contribution in [0.3, 0.4) is 0 Å². The first-order chi connectivity index (χ1) is 6.38. The Morgan fingerprint density at radius 3 is 2.54 bits per heavy atom. The quantitative estimate of drug-likeness (QED) is 0.608. The topological polar surface area (TPSA) is 20.3 Å². The van der Waals surface area contributed by atoms with Gasteiger partial charge in [0.25, 0.3) is 0 Å². The van der Waals surface area contributed by atoms with E-state index in [4.69, 9.17) is 0 Å². The van der Waals surface area contributed by atoms with E-state index in [0.29, 0.717) is 11.9 Å². The van der Waals surface area contributed by atoms with Crippen molar-refractivity contribution in [2.45, 2.75) is 57.4 Å². The molecule has 0 N–H and O–H groups in total. The summed E-state index contributed by atoms with van der Waals surface area (Å²) in [7, 11) is 0. The van der Waals surface area contributed by atoms with E-state index in [1.54, 1.807) is 0 Å². The van der Waals surface area contributed by atoms with Crippen LogP contribution >= 0.6 is 0 Å². The van der Waals surface area contributed by atoms with Crippen LogP contribution in [0.2, 0.25) is 0 Å². The van der Waals surface area contributed by atoms with Crippen LogP contribution in [0.25, 0.3) is 0 Å². The van der Waals surface area contributed by atoms with Crippen molar-refractivity contribution >= 4 is 5.91 Å². The Kier molecular flexibility index (Phi) is 2.87. The second-order valence-electron chi connectivity index (χ2n) is 4.34. The average Bonchev–Trinajstić information content (AvgIpc) is 2.56. The van der Waals surface area contributed by atoms with Crippen LogP contribution in [0, 0.1) is 0 Å². The third-order valence-corrected chi connectivity index (χ3v) is 3.38. The highest BCUT2D eigenvalue weighted by Gasteiger charge is 2.26. The van der Waals surface area contributed by atoms with Gasteiger partial charge in [-0.15, -0.1) is 0 Å². The Labute approximate surface area is 80.3 Å². The fourth-order valence-corrected chi connectivity index (χ4v) is 2.61. The third kappa shape index (κ3) is 2.04. The molecule has 1 saturated carbocycles. The zero-order chi connectivity index (χ0) is 9.10. The van der Waals surface area contributed by atoms with Crippen molar-refractivity contribution in [3.63, 3.8) is 0 Å². The fraction of sp³-hybridized carbons (Fsp3) is 0.909. The second kappa shape index (κ2) is 4.12. The lowest BCUT2D eigenvalue weighted by atomic mass is 10.2. The summed E-state index contributed by atoms with van der Waals surface area (Å²) < 4.78 is 0. The van der Waals surface area contributed by atoms with Crippen LogP contribution in [0.5, 0.6) is 0 Å². The average molecular weight is 181 g/mol. The van der Waals surface area contributed by atoms with E-state index < -0.39 is 0 Å². The van der Waals surface area contributed by atoms with E-state index in [2.05, 4.69) is 4.90 Å². The molecule has 74 valence electrons. The number of likely N-dealkylation sites (tertiary alicyclic amines) is 1. The van der Waals surface area contributed by atoms with Gasteiger partial charge in [-0.3, -0.25) is 4.79 Å². The van der Waals surface area contributed by atoms with Gasteiger partial charge in [-0.05, 0) is 25.7 Å². The van der Waals surface area contributed by atoms with E-state index in [9.17, 15) is 4.79 Å². The molecule has 0 bridgehead atoms. The highest BCUT2D eigenvalue weighted by molar-refractivity contribution is 5.76. The minimum Gasteiger partial charge on any atom is -0.340 e. The summed E-state index contributed by atoms with van der Waals surface area (Å²) in [4.78, 5) is 13.9. The molecule has 0 aromatic carbocycles. The zero-order valence-electron chi connectivity index (χ0n) is 8.30. The van der Waals surface area contributed by atoms with Crippen LogP contribution in [-0.4, -0.2) is 23.4 Å². The number of carbonyl (C=O) groups excluding carboxylic acids is 1. The maximum atomic E-state index is 11.7. The number of nitrogens with zero attached hydrogens (tertiary/aromatic N) is 1. The van der Waals surface area contributed by atoms with Crippen LogP contribution in [0.1, 0.15) is 51.4 Å². The molecule has 0 aromatic heterocycles. The molecule has 2 nitrogen and oxygen atoms in total. The highest BCUT2D eigenvalue weighted by Crippen LogP contribution is 2.26. The molecule has 13 heavy (non-hydrogen) atoms. The molecule has 1 saturated heterocycles. The molecule has 1 aliphatic heterocycles. The normalized spacial score (nSPS) is 26.5. The summed E-state index contributed by atoms with van der Waals surface area (Å²) in [6, 6.07) is 0.602. The molecular formula is C11H19NO. The molecule has 1 amide bonds. The van der Waals surface area contributed by atoms with Gasteiger partial charge in [0, 0.05) is 19.0 Å². The van der Waals surface area contributed by atoms with Crippen LogP contribution in [-0.2, 0) is 4.79 Å². The predicted octanol–water partition coefficient (Wildman–Crippen LogP) is 2.33. The van der Waals surface area contributed by atoms with E-state index in [1.165, 1.54) is 38.5 Å². The van der Waals surface area contributed by atoms with Crippen molar-refractivity contribution in [2.24, 2.45) is 0 Å². The lowest BCUT2D eigenvalue weighted by Gasteiger charge is -2.27. The molecule has 0 unspecified atom stereocenters. The summed E-state index contributed by atoms with van der Waals surface area (Å²) in [6.07, 6.45) is 9.55. The largest absolute Gasteiger partial charge is 0.340 e. The number of hydrogen-bond acceptors (Lipinski definition) is 1. The van der Waals surface area contributed by atoms with Crippen LogP contribution < -0.4 is 0 Å². The van der Waals surface area contributed by atoms with Gasteiger partial charge in [0.1, 0.15) is 0 Å². The molecule has 0 atom stereocenters. The van der Waals surface area contributed by atoms with Gasteiger partial charge >= 0.3 is 0 Å². The van der Waals surface area contributed by atoms with Crippen molar-refractivity contribution in [3.05, 3.63) is 0 Å². The van der Waals surface area contributed by atoms with Gasteiger partial charge in [-0.1, -0.05) is 19.3 Å². The molecule has 2 heteroatoms. The van der Waals surface area contributed by atoms with Crippen molar-refractivity contribution < 1.29 is 4.79 Å². The molecule has 2 aliphatic rings. The van der Waals surface area contributed by atoms with Gasteiger partial charge in [0.2, 0.25) is 5.91 Å². The SMILES string of the molecule is O=C1CCCCCN1C1CCCC1. The van der Waals surface area contributed by atoms with E-state index in [1.807, 2.05) is 0 Å². The van der Waals surface area contributed by atoms with Gasteiger partial charge in [0.15, 0.2) is 0 Å². The second-order valence-corrected chi connectivity index (χ2v) is 4.34. The first kappa shape index (κ1) is 9.04. The third-order valence-electron chi connectivity index (χ3n) is 3.38. The summed E-state index contributed by atoms with van der Waals surface area (Å²) in [6.45, 7) is 1.03. The highest BCUT2D eigenvalue weighted by atomic mass is 16.2. The number of hydrogen-bond donors (Lipinski definition) is 0. The van der Waals surface area contributed by atoms with Gasteiger partial charge in [-0.25, -0.2) is 0 Å². The van der Waals surface area contributed by atoms with Crippen molar-refractivity contribution in [1.29, 1.82) is 0 Å². The summed E-state index contributed by atoms with van der Waals surface area (Å²) in [5.41, 5.74) is 0. The smallest absolute Gasteiger partial charge is 0.222 e. The van der Waals surface area contributed by atoms with Crippen molar-refractivity contribution in [1.82, 2.24) is 4.90 Å². The Morgan fingerprint density at radius 1 is 1.00 bits per heavy atom. The van der Waals surface area contributed by atoms with Gasteiger partial charge in [0.05, 0.1) is 0 Å². The molecule has 2 fully saturated rings. The zero-order valence-corrected chi connectivity index (χ0v) is 8.30. The molecule has 0 spiro atoms. The maximum Gasteiger partial charge on any atom is 0.222 e. The predicted molar refractivity (Wildman–Crippen MR) is 52.4 cm³/mol. The van der Waals surface area contributed by atoms with E-state index in [0.717, 1.165) is 19.4 Å². The van der Waals surface area contributed by atoms with Crippen molar-refractivity contribution in [2.75, 3.05) is 6.54 Å². The first-order valence-electron chi connectivity index (χ1n) is 5.67. The monoisotopic (exact) mass is 181 g/mol. The Balaban J connectivity index is 1.97. The summed E-state index contributed by atoms with van der Waals surface area (Å²) >= 11 is 0. The molecule has 1 aliphatic carbocycles. The van der Waals surface area contributed by atoms with E-state index in [-0.39, 0.29) is 0 Å². The van der Waals surface area contributed by atoms with Gasteiger partial charge < -0.3 is 4.90 Å². The molecular weight excluding hydrogens is 162 g/mol. The minimum absolute atomic E-state index is 0.421. The minimum atomic E-state index is 0.421. The first-order valence-corrected chi connectivity index (χ1v) is 5.67. The molecule has 0 radical (unpaired) electrons. The van der Waals surface area contributed by atoms with Gasteiger partial charge in [-0.2, -0.15) is 0 Å². The number of carbonyl (C=O) groups is 1. The Hall–Kier alpha value is -0.530. The molecule has 1 heterocycles. The number of rotatable bonds is 1. The van der Waals surface area contributed by atoms with E-state index >= 15 is 0 Å². The number of amides is 1. The lowest BCUT2D eigenvalue weighted by molar-refractivity contribution is -0.132. The maximum absolute atomic E-state index is 11.7. The standard InChI is InChI=1S/C11H19NO/c13-11-8-2-1-5-9-12(11)10-6-3-4-7-10/h10H,1-9H2. The summed E-state index contributed by atoms with van der Waals surface area (Å²) in [5, 5.41) is 0. The van der Waals surface area contributed by atoms with Crippen molar-refractivity contribution in [3.8, 4) is 0 Å². The Morgan fingerprint density at radius 2 is 1.77 bits per heavy atom. The molecule has 0 aromatic rings. The Bertz CT molecular complexity index is 185. The summed E-state index contributed by atoms with van der Waals surface area (Å²) in [5.74, 6) is 0.421. The van der Waals surface area contributed by atoms with Crippen LogP contribution in [0.4, 0.5) is 0 Å². The van der Waals surface area contributed by atoms with Crippen LogP contribution in [0.15, 0.2) is 0 Å². The fourth-order valence-electron chi connectivity index (χ4n) is 2.61. The molecule has 2 rings (SSSR count).